The fourth-order valence-electron chi connectivity index (χ4n) is 4.30. The third-order valence-corrected chi connectivity index (χ3v) is 6.20. The maximum atomic E-state index is 13.4. The van der Waals surface area contributed by atoms with Gasteiger partial charge >= 0.3 is 6.09 Å². The number of pyridine rings is 1. The third-order valence-electron chi connectivity index (χ3n) is 6.20. The predicted molar refractivity (Wildman–Crippen MR) is 140 cm³/mol. The summed E-state index contributed by atoms with van der Waals surface area (Å²) in [4.78, 5) is 29.9. The van der Waals surface area contributed by atoms with Crippen LogP contribution in [0.25, 0.3) is 10.9 Å². The van der Waals surface area contributed by atoms with E-state index in [1.165, 1.54) is 0 Å². The molecule has 0 aliphatic heterocycles. The second-order valence-electron chi connectivity index (χ2n) is 10.8. The number of carbonyl (C=O) groups is 2. The van der Waals surface area contributed by atoms with E-state index in [-0.39, 0.29) is 24.1 Å². The van der Waals surface area contributed by atoms with Crippen molar-refractivity contribution in [1.82, 2.24) is 15.6 Å². The zero-order valence-corrected chi connectivity index (χ0v) is 21.9. The normalized spacial score (nSPS) is 15.2. The van der Waals surface area contributed by atoms with Gasteiger partial charge in [-0.25, -0.2) is 4.79 Å². The van der Waals surface area contributed by atoms with Crippen LogP contribution in [0, 0.1) is 13.8 Å². The van der Waals surface area contributed by atoms with Crippen LogP contribution in [-0.4, -0.2) is 35.2 Å². The van der Waals surface area contributed by atoms with Gasteiger partial charge in [-0.2, -0.15) is 0 Å². The van der Waals surface area contributed by atoms with E-state index in [0.29, 0.717) is 11.3 Å². The molecule has 1 fully saturated rings. The van der Waals surface area contributed by atoms with E-state index in [2.05, 4.69) is 40.7 Å². The molecular formula is C29H35N3O4. The number of nitrogens with one attached hydrogen (secondary N) is 2. The Bertz CT molecular complexity index is 1290. The van der Waals surface area contributed by atoms with Crippen LogP contribution in [-0.2, 0) is 10.3 Å². The monoisotopic (exact) mass is 489 g/mol. The highest BCUT2D eigenvalue weighted by atomic mass is 16.6. The number of aryl methyl sites for hydroxylation is 2. The highest BCUT2D eigenvalue weighted by Crippen LogP contribution is 2.48. The van der Waals surface area contributed by atoms with Crippen molar-refractivity contribution in [3.8, 4) is 5.75 Å². The number of amides is 2. The van der Waals surface area contributed by atoms with Crippen LogP contribution in [0.1, 0.15) is 67.6 Å². The Morgan fingerprint density at radius 1 is 1.11 bits per heavy atom. The number of alkyl carbamates (subject to hydrolysis) is 1. The van der Waals surface area contributed by atoms with Crippen molar-refractivity contribution in [3.05, 3.63) is 70.9 Å². The van der Waals surface area contributed by atoms with Gasteiger partial charge in [0.25, 0.3) is 5.91 Å². The number of aromatic nitrogens is 1. The Morgan fingerprint density at radius 2 is 1.86 bits per heavy atom. The van der Waals surface area contributed by atoms with Crippen molar-refractivity contribution in [2.75, 3.05) is 6.61 Å². The molecule has 36 heavy (non-hydrogen) atoms. The molecule has 1 aliphatic carbocycles. The van der Waals surface area contributed by atoms with Gasteiger partial charge in [-0.05, 0) is 95.3 Å². The lowest BCUT2D eigenvalue weighted by molar-refractivity contribution is 0.0494. The fraction of sp³-hybridized carbons (Fsp3) is 0.414. The van der Waals surface area contributed by atoms with Gasteiger partial charge in [0.2, 0.25) is 0 Å². The third kappa shape index (κ3) is 5.96. The summed E-state index contributed by atoms with van der Waals surface area (Å²) in [5.41, 5.74) is 3.66. The van der Waals surface area contributed by atoms with Gasteiger partial charge in [0.1, 0.15) is 18.0 Å². The summed E-state index contributed by atoms with van der Waals surface area (Å²) in [6.07, 6.45) is 3.07. The van der Waals surface area contributed by atoms with Crippen LogP contribution in [0.5, 0.6) is 5.75 Å². The maximum absolute atomic E-state index is 13.4. The zero-order chi connectivity index (χ0) is 26.1. The highest BCUT2D eigenvalue weighted by Gasteiger charge is 2.47. The largest absolute Gasteiger partial charge is 0.491 e. The molecule has 1 atom stereocenters. The van der Waals surface area contributed by atoms with Gasteiger partial charge in [0.15, 0.2) is 0 Å². The van der Waals surface area contributed by atoms with E-state index in [9.17, 15) is 9.59 Å². The van der Waals surface area contributed by atoms with E-state index < -0.39 is 11.7 Å². The van der Waals surface area contributed by atoms with Crippen molar-refractivity contribution in [3.63, 3.8) is 0 Å². The van der Waals surface area contributed by atoms with Gasteiger partial charge < -0.3 is 20.1 Å². The van der Waals surface area contributed by atoms with Gasteiger partial charge in [0, 0.05) is 17.1 Å². The zero-order valence-electron chi connectivity index (χ0n) is 21.9. The number of carbonyl (C=O) groups excluding carboxylic acids is 2. The number of rotatable bonds is 7. The Hall–Kier alpha value is -3.61. The first-order valence-corrected chi connectivity index (χ1v) is 12.4. The minimum Gasteiger partial charge on any atom is -0.491 e. The Balaban J connectivity index is 1.45. The maximum Gasteiger partial charge on any atom is 0.407 e. The SMILES string of the molecule is Cc1cc(C2(NC(=O)c3cc(OCC(C)NC(=O)OC(C)(C)C)ccc3C)CC2)c2cccnc2c1. The summed E-state index contributed by atoms with van der Waals surface area (Å²) in [6, 6.07) is 13.4. The molecule has 1 aliphatic rings. The first kappa shape index (κ1) is 25.5. The van der Waals surface area contributed by atoms with Crippen LogP contribution in [0.15, 0.2) is 48.7 Å². The molecular weight excluding hydrogens is 454 g/mol. The molecule has 3 aromatic rings. The summed E-state index contributed by atoms with van der Waals surface area (Å²) >= 11 is 0. The van der Waals surface area contributed by atoms with Crippen molar-refractivity contribution < 1.29 is 19.1 Å². The number of fused-ring (bicyclic) bond motifs is 1. The molecule has 1 unspecified atom stereocenters. The second-order valence-corrected chi connectivity index (χ2v) is 10.8. The molecule has 0 bridgehead atoms. The Morgan fingerprint density at radius 3 is 2.56 bits per heavy atom. The van der Waals surface area contributed by atoms with Gasteiger partial charge in [0.05, 0.1) is 17.1 Å². The standard InChI is InChI=1S/C29H35N3O4/c1-18-14-24(22-8-7-13-30-25(22)15-18)29(11-12-29)32-26(33)23-16-21(10-9-19(23)2)35-17-20(3)31-27(34)36-28(4,5)6/h7-10,13-16,20H,11-12,17H2,1-6H3,(H,31,34)(H,32,33). The molecule has 4 rings (SSSR count). The number of hydrogen-bond acceptors (Lipinski definition) is 5. The van der Waals surface area contributed by atoms with E-state index >= 15 is 0 Å². The van der Waals surface area contributed by atoms with Crippen LogP contribution in [0.2, 0.25) is 0 Å². The van der Waals surface area contributed by atoms with Crippen LogP contribution in [0.4, 0.5) is 4.79 Å². The van der Waals surface area contributed by atoms with Crippen LogP contribution < -0.4 is 15.4 Å². The molecule has 2 amide bonds. The van der Waals surface area contributed by atoms with Gasteiger partial charge in [-0.3, -0.25) is 9.78 Å². The summed E-state index contributed by atoms with van der Waals surface area (Å²) in [5, 5.41) is 7.14. The van der Waals surface area contributed by atoms with Crippen LogP contribution >= 0.6 is 0 Å². The van der Waals surface area contributed by atoms with Crippen molar-refractivity contribution in [1.29, 1.82) is 0 Å². The van der Waals surface area contributed by atoms with Crippen LogP contribution in [0.3, 0.4) is 0 Å². The van der Waals surface area contributed by atoms with Crippen molar-refractivity contribution in [2.45, 2.75) is 71.6 Å². The average molecular weight is 490 g/mol. The van der Waals surface area contributed by atoms with Crippen molar-refractivity contribution in [2.24, 2.45) is 0 Å². The first-order chi connectivity index (χ1) is 17.0. The number of benzene rings is 2. The molecule has 1 aromatic heterocycles. The molecule has 7 nitrogen and oxygen atoms in total. The lowest BCUT2D eigenvalue weighted by Crippen LogP contribution is -2.40. The molecule has 1 saturated carbocycles. The van der Waals surface area contributed by atoms with Gasteiger partial charge in [-0.1, -0.05) is 18.2 Å². The smallest absolute Gasteiger partial charge is 0.407 e. The molecule has 0 radical (unpaired) electrons. The van der Waals surface area contributed by atoms with E-state index in [1.807, 2.05) is 52.8 Å². The van der Waals surface area contributed by atoms with Gasteiger partial charge in [-0.15, -0.1) is 0 Å². The quantitative estimate of drug-likeness (QED) is 0.453. The molecule has 2 N–H and O–H groups in total. The van der Waals surface area contributed by atoms with E-state index in [4.69, 9.17) is 9.47 Å². The summed E-state index contributed by atoms with van der Waals surface area (Å²) in [5.74, 6) is 0.438. The lowest BCUT2D eigenvalue weighted by Gasteiger charge is -2.22. The van der Waals surface area contributed by atoms with Crippen molar-refractivity contribution >= 4 is 22.9 Å². The minimum absolute atomic E-state index is 0.131. The molecule has 7 heteroatoms. The Kier molecular flexibility index (Phi) is 6.94. The molecule has 0 spiro atoms. The molecule has 1 heterocycles. The average Bonchev–Trinajstić information content (AvgIpc) is 3.56. The second kappa shape index (κ2) is 9.80. The summed E-state index contributed by atoms with van der Waals surface area (Å²) in [6.45, 7) is 11.5. The molecule has 190 valence electrons. The number of ether oxygens (including phenoxy) is 2. The summed E-state index contributed by atoms with van der Waals surface area (Å²) < 4.78 is 11.2. The molecule has 0 saturated heterocycles. The summed E-state index contributed by atoms with van der Waals surface area (Å²) in [7, 11) is 0. The highest BCUT2D eigenvalue weighted by molar-refractivity contribution is 5.97. The Labute approximate surface area is 212 Å². The minimum atomic E-state index is -0.565. The number of hydrogen-bond donors (Lipinski definition) is 2. The lowest BCUT2D eigenvalue weighted by atomic mass is 9.96. The fourth-order valence-corrected chi connectivity index (χ4v) is 4.30. The first-order valence-electron chi connectivity index (χ1n) is 12.4. The predicted octanol–water partition coefficient (Wildman–Crippen LogP) is 5.56. The van der Waals surface area contributed by atoms with E-state index in [1.54, 1.807) is 12.3 Å². The van der Waals surface area contributed by atoms with E-state index in [0.717, 1.165) is 40.4 Å². The topological polar surface area (TPSA) is 89.6 Å². The number of nitrogens with zero attached hydrogens (tertiary/aromatic N) is 1. The molecule has 2 aromatic carbocycles.